The van der Waals surface area contributed by atoms with Gasteiger partial charge in [-0.1, -0.05) is 57.7 Å². The van der Waals surface area contributed by atoms with Crippen molar-refractivity contribution in [2.24, 2.45) is 16.7 Å². The van der Waals surface area contributed by atoms with Crippen molar-refractivity contribution >= 4 is 11.8 Å². The highest BCUT2D eigenvalue weighted by Crippen LogP contribution is 2.60. The maximum absolute atomic E-state index is 13.2. The van der Waals surface area contributed by atoms with Gasteiger partial charge < -0.3 is 30.1 Å². The normalized spacial score (nSPS) is 37.2. The third kappa shape index (κ3) is 4.60. The SMILES string of the molecule is C=C1[C@@H](OC(=O)CC(c2ccccc2)N(C)C)CC[C@@]2(C)[C@@H](O)[C@H](O)C3=C(C)C(=O)C[C@@](O)([C@@H](O)[C@H]12)C3(C)C. The van der Waals surface area contributed by atoms with Gasteiger partial charge in [-0.25, -0.2) is 0 Å². The summed E-state index contributed by atoms with van der Waals surface area (Å²) in [7, 11) is 3.79. The van der Waals surface area contributed by atoms with E-state index < -0.39 is 52.7 Å². The van der Waals surface area contributed by atoms with Gasteiger partial charge in [0, 0.05) is 29.2 Å². The fraction of sp³-hybridized carbons (Fsp3) is 0.613. The zero-order valence-electron chi connectivity index (χ0n) is 23.8. The predicted molar refractivity (Wildman–Crippen MR) is 146 cm³/mol. The van der Waals surface area contributed by atoms with E-state index in [2.05, 4.69) is 6.58 Å². The summed E-state index contributed by atoms with van der Waals surface area (Å²) in [6, 6.07) is 9.46. The summed E-state index contributed by atoms with van der Waals surface area (Å²) < 4.78 is 5.93. The van der Waals surface area contributed by atoms with E-state index >= 15 is 0 Å². The summed E-state index contributed by atoms with van der Waals surface area (Å²) >= 11 is 0. The van der Waals surface area contributed by atoms with Gasteiger partial charge in [-0.05, 0) is 56.1 Å². The summed E-state index contributed by atoms with van der Waals surface area (Å²) in [5.74, 6) is -1.76. The lowest BCUT2D eigenvalue weighted by atomic mass is 9.48. The summed E-state index contributed by atoms with van der Waals surface area (Å²) in [6.07, 6.45) is -4.61. The number of aliphatic hydroxyl groups excluding tert-OH is 3. The van der Waals surface area contributed by atoms with Crippen LogP contribution in [0.4, 0.5) is 0 Å². The van der Waals surface area contributed by atoms with Crippen LogP contribution in [0.5, 0.6) is 0 Å². The lowest BCUT2D eigenvalue weighted by molar-refractivity contribution is -0.216. The number of allylic oxidation sites excluding steroid dienone is 1. The molecule has 4 N–H and O–H groups in total. The topological polar surface area (TPSA) is 128 Å². The maximum Gasteiger partial charge on any atom is 0.308 e. The fourth-order valence-electron chi connectivity index (χ4n) is 7.39. The largest absolute Gasteiger partial charge is 0.458 e. The molecule has 0 spiro atoms. The first-order valence-corrected chi connectivity index (χ1v) is 13.7. The number of fused-ring (bicyclic) bond motifs is 3. The van der Waals surface area contributed by atoms with Gasteiger partial charge in [0.15, 0.2) is 5.78 Å². The van der Waals surface area contributed by atoms with E-state index in [9.17, 15) is 30.0 Å². The molecule has 8 heteroatoms. The summed E-state index contributed by atoms with van der Waals surface area (Å²) in [6.45, 7) is 10.9. The first kappa shape index (κ1) is 29.6. The molecule has 2 bridgehead atoms. The van der Waals surface area contributed by atoms with E-state index in [1.807, 2.05) is 49.3 Å². The number of hydrogen-bond donors (Lipinski definition) is 4. The van der Waals surface area contributed by atoms with Crippen LogP contribution in [0.25, 0.3) is 0 Å². The smallest absolute Gasteiger partial charge is 0.308 e. The van der Waals surface area contributed by atoms with Crippen LogP contribution in [0.3, 0.4) is 0 Å². The zero-order valence-corrected chi connectivity index (χ0v) is 23.8. The fourth-order valence-corrected chi connectivity index (χ4v) is 7.39. The second-order valence-corrected chi connectivity index (χ2v) is 12.7. The molecule has 214 valence electrons. The van der Waals surface area contributed by atoms with Crippen molar-refractivity contribution in [1.82, 2.24) is 4.90 Å². The first-order chi connectivity index (χ1) is 18.1. The Labute approximate surface area is 231 Å². The molecule has 1 aromatic carbocycles. The molecule has 0 heterocycles. The number of rotatable bonds is 5. The second kappa shape index (κ2) is 10.2. The summed E-state index contributed by atoms with van der Waals surface area (Å²) in [5.41, 5.74) is -2.33. The Morgan fingerprint density at radius 1 is 1.13 bits per heavy atom. The van der Waals surface area contributed by atoms with E-state index in [1.54, 1.807) is 27.7 Å². The van der Waals surface area contributed by atoms with Crippen molar-refractivity contribution in [3.05, 3.63) is 59.2 Å². The van der Waals surface area contributed by atoms with Gasteiger partial charge in [-0.3, -0.25) is 9.59 Å². The molecule has 8 nitrogen and oxygen atoms in total. The summed E-state index contributed by atoms with van der Waals surface area (Å²) in [5, 5.41) is 46.8. The molecule has 1 aromatic rings. The van der Waals surface area contributed by atoms with Gasteiger partial charge in [0.1, 0.15) is 17.8 Å². The van der Waals surface area contributed by atoms with Gasteiger partial charge >= 0.3 is 5.97 Å². The summed E-state index contributed by atoms with van der Waals surface area (Å²) in [4.78, 5) is 28.1. The number of esters is 1. The van der Waals surface area contributed by atoms with Crippen LogP contribution < -0.4 is 0 Å². The van der Waals surface area contributed by atoms with Crippen molar-refractivity contribution < 1.29 is 34.8 Å². The van der Waals surface area contributed by atoms with E-state index in [-0.39, 0.29) is 30.2 Å². The van der Waals surface area contributed by atoms with Crippen LogP contribution in [0.15, 0.2) is 53.6 Å². The van der Waals surface area contributed by atoms with E-state index in [1.165, 1.54) is 0 Å². The van der Waals surface area contributed by atoms with Gasteiger partial charge in [-0.15, -0.1) is 0 Å². The number of ether oxygens (including phenoxy) is 1. The van der Waals surface area contributed by atoms with Crippen molar-refractivity contribution in [1.29, 1.82) is 0 Å². The van der Waals surface area contributed by atoms with Crippen LogP contribution in [-0.4, -0.2) is 81.2 Å². The molecule has 0 aliphatic heterocycles. The Balaban J connectivity index is 1.66. The highest BCUT2D eigenvalue weighted by molar-refractivity contribution is 5.98. The third-order valence-electron chi connectivity index (χ3n) is 9.99. The Bertz CT molecular complexity index is 1170. The first-order valence-electron chi connectivity index (χ1n) is 13.7. The Kier molecular flexibility index (Phi) is 7.77. The minimum absolute atomic E-state index is 0.103. The lowest BCUT2D eigenvalue weighted by Crippen LogP contribution is -2.69. The standard InChI is InChI=1S/C31H43NO7/c1-17-21(33)16-31(38)27(36)25-18(2)22(13-14-30(25,5)28(37)26(35)24(17)29(31,3)4)39-23(34)15-20(32(6)7)19-11-9-8-10-12-19/h8-12,20,22,25-28,35-38H,2,13-16H2,1,3-7H3/t20?,22-,25-,26+,27-,28-,30+,31+/m0/s1. The molecule has 2 fully saturated rings. The molecule has 2 saturated carbocycles. The van der Waals surface area contributed by atoms with Crippen LogP contribution >= 0.6 is 0 Å². The second-order valence-electron chi connectivity index (χ2n) is 12.7. The molecule has 8 atom stereocenters. The van der Waals surface area contributed by atoms with Crippen molar-refractivity contribution in [3.8, 4) is 0 Å². The van der Waals surface area contributed by atoms with Crippen molar-refractivity contribution in [2.75, 3.05) is 14.1 Å². The molecular weight excluding hydrogens is 498 g/mol. The molecule has 3 aliphatic carbocycles. The monoisotopic (exact) mass is 541 g/mol. The highest BCUT2D eigenvalue weighted by Gasteiger charge is 2.66. The van der Waals surface area contributed by atoms with Crippen molar-refractivity contribution in [3.63, 3.8) is 0 Å². The molecule has 1 unspecified atom stereocenters. The number of nitrogens with zero attached hydrogens (tertiary/aromatic N) is 1. The van der Waals surface area contributed by atoms with Crippen LogP contribution in [0.2, 0.25) is 0 Å². The molecular formula is C31H43NO7. The predicted octanol–water partition coefficient (Wildman–Crippen LogP) is 2.71. The zero-order chi connectivity index (χ0) is 29.1. The number of aliphatic hydroxyl groups is 4. The van der Waals surface area contributed by atoms with E-state index in [4.69, 9.17) is 4.74 Å². The molecule has 0 saturated heterocycles. The molecule has 0 amide bonds. The van der Waals surface area contributed by atoms with Crippen LogP contribution in [0, 0.1) is 16.7 Å². The number of ketones is 1. The van der Waals surface area contributed by atoms with Gasteiger partial charge in [0.2, 0.25) is 0 Å². The van der Waals surface area contributed by atoms with E-state index in [0.29, 0.717) is 24.0 Å². The van der Waals surface area contributed by atoms with Crippen molar-refractivity contribution in [2.45, 2.75) is 89.4 Å². The van der Waals surface area contributed by atoms with Gasteiger partial charge in [-0.2, -0.15) is 0 Å². The molecule has 0 aromatic heterocycles. The molecule has 3 aliphatic rings. The lowest BCUT2D eigenvalue weighted by Gasteiger charge is -2.61. The number of benzene rings is 1. The quantitative estimate of drug-likeness (QED) is 0.331. The number of Topliss-reactive ketones (excluding diaryl/α,β-unsaturated/α-hetero) is 1. The number of hydrogen-bond acceptors (Lipinski definition) is 8. The number of carbonyl (C=O) groups excluding carboxylic acids is 2. The maximum atomic E-state index is 13.2. The molecule has 4 rings (SSSR count). The number of carbonyl (C=O) groups is 2. The minimum Gasteiger partial charge on any atom is -0.458 e. The van der Waals surface area contributed by atoms with Gasteiger partial charge in [0.25, 0.3) is 0 Å². The molecule has 0 radical (unpaired) electrons. The highest BCUT2D eigenvalue weighted by atomic mass is 16.5. The Morgan fingerprint density at radius 3 is 2.33 bits per heavy atom. The Morgan fingerprint density at radius 2 is 1.74 bits per heavy atom. The molecule has 39 heavy (non-hydrogen) atoms. The van der Waals surface area contributed by atoms with Gasteiger partial charge in [0.05, 0.1) is 18.6 Å². The average molecular weight is 542 g/mol. The third-order valence-corrected chi connectivity index (χ3v) is 9.99. The average Bonchev–Trinajstić information content (AvgIpc) is 2.87. The van der Waals surface area contributed by atoms with Crippen LogP contribution in [-0.2, 0) is 14.3 Å². The minimum atomic E-state index is -1.93. The van der Waals surface area contributed by atoms with E-state index in [0.717, 1.165) is 5.56 Å². The van der Waals surface area contributed by atoms with Crippen LogP contribution in [0.1, 0.15) is 65.0 Å². The Hall–Kier alpha value is -2.36.